The van der Waals surface area contributed by atoms with E-state index in [0.717, 1.165) is 0 Å². The summed E-state index contributed by atoms with van der Waals surface area (Å²) in [5.41, 5.74) is 0. The highest BCUT2D eigenvalue weighted by Crippen LogP contribution is 2.36. The van der Waals surface area contributed by atoms with Gasteiger partial charge in [-0.25, -0.2) is 8.78 Å². The molecule has 0 N–H and O–H groups in total. The van der Waals surface area contributed by atoms with Crippen molar-refractivity contribution in [3.63, 3.8) is 0 Å². The van der Waals surface area contributed by atoms with Crippen LogP contribution in [-0.4, -0.2) is 12.0 Å². The van der Waals surface area contributed by atoms with Crippen LogP contribution in [0.3, 0.4) is 0 Å². The molecule has 0 aromatic carbocycles. The predicted molar refractivity (Wildman–Crippen MR) is 18.7 cm³/mol. The summed E-state index contributed by atoms with van der Waals surface area (Å²) in [7, 11) is 0. The van der Waals surface area contributed by atoms with Gasteiger partial charge in [-0.1, -0.05) is 0 Å². The lowest BCUT2D eigenvalue weighted by atomic mass is 9.91. The highest BCUT2D eigenvalue weighted by atomic mass is 19.2. The Morgan fingerprint density at radius 1 is 1.71 bits per heavy atom. The maximum Gasteiger partial charge on any atom is 0.271 e. The van der Waals surface area contributed by atoms with Gasteiger partial charge in [-0.3, -0.25) is 0 Å². The van der Waals surface area contributed by atoms with Crippen LogP contribution in [0.5, 0.6) is 0 Å². The highest BCUT2D eigenvalue weighted by molar-refractivity contribution is 4.86. The van der Waals surface area contributed by atoms with Crippen LogP contribution in [0.25, 0.3) is 0 Å². The van der Waals surface area contributed by atoms with Crippen molar-refractivity contribution in [2.24, 2.45) is 0 Å². The minimum Gasteiger partial charge on any atom is -0.241 e. The molecule has 1 rings (SSSR count). The van der Waals surface area contributed by atoms with Crippen molar-refractivity contribution in [1.82, 2.24) is 0 Å². The van der Waals surface area contributed by atoms with Gasteiger partial charge in [0.25, 0.3) is 5.85 Å². The summed E-state index contributed by atoms with van der Waals surface area (Å²) in [6.07, 6.45) is -1.80. The Balaban J connectivity index is 2.43. The van der Waals surface area contributed by atoms with E-state index in [2.05, 4.69) is 0 Å². The third kappa shape index (κ3) is 0.608. The van der Waals surface area contributed by atoms with Crippen molar-refractivity contribution in [2.45, 2.75) is 24.9 Å². The second-order valence-electron chi connectivity index (χ2n) is 1.79. The molecule has 3 heteroatoms. The number of rotatable bonds is 0. The quantitative estimate of drug-likeness (QED) is 0.443. The number of alkyl halides is 2. The molecule has 0 spiro atoms. The van der Waals surface area contributed by atoms with Crippen molar-refractivity contribution in [3.8, 4) is 0 Å². The zero-order chi connectivity index (χ0) is 5.49. The molecular formula is C4H5F2O. The minimum absolute atomic E-state index is 0.0972. The lowest BCUT2D eigenvalue weighted by molar-refractivity contribution is -0.240. The van der Waals surface area contributed by atoms with Gasteiger partial charge >= 0.3 is 0 Å². The fourth-order valence-corrected chi connectivity index (χ4v) is 0.480. The SMILES string of the molecule is [O]C1(F)CCC1F. The Kier molecular flexibility index (Phi) is 0.819. The van der Waals surface area contributed by atoms with E-state index < -0.39 is 12.0 Å². The van der Waals surface area contributed by atoms with Gasteiger partial charge in [0.1, 0.15) is 0 Å². The van der Waals surface area contributed by atoms with Crippen LogP contribution in [0.15, 0.2) is 0 Å². The van der Waals surface area contributed by atoms with Crippen LogP contribution in [-0.2, 0) is 5.11 Å². The van der Waals surface area contributed by atoms with Crippen LogP contribution in [0.1, 0.15) is 12.8 Å². The molecule has 0 aliphatic heterocycles. The van der Waals surface area contributed by atoms with Gasteiger partial charge < -0.3 is 0 Å². The Morgan fingerprint density at radius 2 is 2.14 bits per heavy atom. The standard InChI is InChI=1S/C4H5F2O/c5-3-1-2-4(3,6)7/h3H,1-2H2. The van der Waals surface area contributed by atoms with Crippen LogP contribution in [0, 0.1) is 0 Å². The molecule has 7 heavy (non-hydrogen) atoms. The van der Waals surface area contributed by atoms with E-state index in [1.54, 1.807) is 0 Å². The smallest absolute Gasteiger partial charge is 0.241 e. The lowest BCUT2D eigenvalue weighted by Gasteiger charge is -2.29. The molecule has 41 valence electrons. The van der Waals surface area contributed by atoms with E-state index in [-0.39, 0.29) is 12.8 Å². The second kappa shape index (κ2) is 1.15. The van der Waals surface area contributed by atoms with Crippen molar-refractivity contribution < 1.29 is 13.9 Å². The zero-order valence-electron chi connectivity index (χ0n) is 3.66. The first-order valence-corrected chi connectivity index (χ1v) is 2.16. The van der Waals surface area contributed by atoms with Crippen LogP contribution >= 0.6 is 0 Å². The molecule has 1 radical (unpaired) electrons. The first kappa shape index (κ1) is 4.97. The summed E-state index contributed by atoms with van der Waals surface area (Å²) in [4.78, 5) is 0. The molecule has 0 aromatic heterocycles. The van der Waals surface area contributed by atoms with Gasteiger partial charge in [0.05, 0.1) is 0 Å². The summed E-state index contributed by atoms with van der Waals surface area (Å²) < 4.78 is 23.3. The third-order valence-electron chi connectivity index (χ3n) is 1.21. The summed E-state index contributed by atoms with van der Waals surface area (Å²) in [5, 5.41) is 9.85. The fourth-order valence-electron chi connectivity index (χ4n) is 0.480. The Morgan fingerprint density at radius 3 is 2.14 bits per heavy atom. The molecule has 1 aliphatic rings. The number of hydrogen-bond acceptors (Lipinski definition) is 0. The van der Waals surface area contributed by atoms with Crippen molar-refractivity contribution in [2.75, 3.05) is 0 Å². The Labute approximate surface area is 40.0 Å². The molecule has 0 heterocycles. The molecule has 0 saturated heterocycles. The molecule has 1 aliphatic carbocycles. The normalized spacial score (nSPS) is 51.0. The van der Waals surface area contributed by atoms with Gasteiger partial charge in [-0.2, -0.15) is 5.11 Å². The second-order valence-corrected chi connectivity index (χ2v) is 1.79. The van der Waals surface area contributed by atoms with Crippen LogP contribution < -0.4 is 0 Å². The van der Waals surface area contributed by atoms with E-state index >= 15 is 0 Å². The van der Waals surface area contributed by atoms with E-state index in [9.17, 15) is 13.9 Å². The topological polar surface area (TPSA) is 19.9 Å². The van der Waals surface area contributed by atoms with Gasteiger partial charge in [-0.05, 0) is 6.42 Å². The predicted octanol–water partition coefficient (Wildman–Crippen LogP) is 1.21. The number of halogens is 2. The molecule has 2 atom stereocenters. The zero-order valence-corrected chi connectivity index (χ0v) is 3.66. The summed E-state index contributed by atoms with van der Waals surface area (Å²) in [6, 6.07) is 0. The largest absolute Gasteiger partial charge is 0.271 e. The van der Waals surface area contributed by atoms with Crippen molar-refractivity contribution in [3.05, 3.63) is 0 Å². The number of hydrogen-bond donors (Lipinski definition) is 0. The van der Waals surface area contributed by atoms with Crippen LogP contribution in [0.4, 0.5) is 8.78 Å². The van der Waals surface area contributed by atoms with Gasteiger partial charge in [-0.15, -0.1) is 0 Å². The first-order valence-electron chi connectivity index (χ1n) is 2.16. The minimum atomic E-state index is -2.74. The molecule has 0 aromatic rings. The van der Waals surface area contributed by atoms with E-state index in [0.29, 0.717) is 0 Å². The maximum atomic E-state index is 11.7. The molecule has 1 nitrogen and oxygen atoms in total. The van der Waals surface area contributed by atoms with Crippen molar-refractivity contribution >= 4 is 0 Å². The Hall–Kier alpha value is -0.180. The summed E-state index contributed by atoms with van der Waals surface area (Å²) in [6.45, 7) is 0. The van der Waals surface area contributed by atoms with E-state index in [4.69, 9.17) is 0 Å². The summed E-state index contributed by atoms with van der Waals surface area (Å²) >= 11 is 0. The average molecular weight is 107 g/mol. The maximum absolute atomic E-state index is 11.7. The third-order valence-corrected chi connectivity index (χ3v) is 1.21. The Bertz CT molecular complexity index is 81.8. The monoisotopic (exact) mass is 107 g/mol. The molecular weight excluding hydrogens is 102 g/mol. The molecule has 1 fully saturated rings. The summed E-state index contributed by atoms with van der Waals surface area (Å²) in [5.74, 6) is -2.74. The molecule has 0 bridgehead atoms. The van der Waals surface area contributed by atoms with Crippen molar-refractivity contribution in [1.29, 1.82) is 0 Å². The average Bonchev–Trinajstić information content (AvgIpc) is 1.63. The molecule has 1 saturated carbocycles. The van der Waals surface area contributed by atoms with Gasteiger partial charge in [0, 0.05) is 6.42 Å². The first-order chi connectivity index (χ1) is 3.13. The molecule has 0 amide bonds. The fraction of sp³-hybridized carbons (Fsp3) is 1.00. The van der Waals surface area contributed by atoms with Gasteiger partial charge in [0.2, 0.25) is 0 Å². The highest BCUT2D eigenvalue weighted by Gasteiger charge is 2.48. The van der Waals surface area contributed by atoms with E-state index in [1.807, 2.05) is 0 Å². The van der Waals surface area contributed by atoms with Gasteiger partial charge in [0.15, 0.2) is 6.17 Å². The van der Waals surface area contributed by atoms with E-state index in [1.165, 1.54) is 0 Å². The lowest BCUT2D eigenvalue weighted by Crippen LogP contribution is -2.43. The van der Waals surface area contributed by atoms with Crippen LogP contribution in [0.2, 0.25) is 0 Å². The molecule has 2 unspecified atom stereocenters.